The fourth-order valence-electron chi connectivity index (χ4n) is 5.07. The summed E-state index contributed by atoms with van der Waals surface area (Å²) in [4.78, 5) is 12.9. The van der Waals surface area contributed by atoms with E-state index in [1.54, 1.807) is 12.1 Å². The first-order chi connectivity index (χ1) is 19.5. The van der Waals surface area contributed by atoms with E-state index < -0.39 is 85.7 Å². The molecule has 0 saturated carbocycles. The third kappa shape index (κ3) is 5.70. The molecule has 11 atom stereocenters. The summed E-state index contributed by atoms with van der Waals surface area (Å²) in [5.74, 6) is -0.853. The van der Waals surface area contributed by atoms with Gasteiger partial charge < -0.3 is 64.5 Å². The van der Waals surface area contributed by atoms with E-state index >= 15 is 0 Å². The number of aromatic hydroxyl groups is 2. The molecule has 3 heterocycles. The van der Waals surface area contributed by atoms with Crippen LogP contribution in [-0.4, -0.2) is 115 Å². The lowest BCUT2D eigenvalue weighted by atomic mass is 9.95. The average Bonchev–Trinajstić information content (AvgIpc) is 2.93. The second-order valence-corrected chi connectivity index (χ2v) is 10.2. The van der Waals surface area contributed by atoms with E-state index in [1.807, 2.05) is 0 Å². The molecule has 0 amide bonds. The number of carbonyl (C=O) groups excluding carboxylic acids is 1. The first kappa shape index (κ1) is 29.4. The SMILES string of the molecule is CC1OC(Oc2cc(O)c3c(c2)OC(c2ccc(O)cc2)CC3=O)C(OC2OC(CO)C(O)C(O)C2O)C(O)C1O. The second kappa shape index (κ2) is 11.7. The highest BCUT2D eigenvalue weighted by molar-refractivity contribution is 6.02. The number of Topliss-reactive ketones (excluding diaryl/α,β-unsaturated/α-hetero) is 1. The smallest absolute Gasteiger partial charge is 0.229 e. The van der Waals surface area contributed by atoms with E-state index in [2.05, 4.69) is 0 Å². The van der Waals surface area contributed by atoms with Gasteiger partial charge >= 0.3 is 0 Å². The van der Waals surface area contributed by atoms with E-state index in [-0.39, 0.29) is 29.2 Å². The van der Waals surface area contributed by atoms with Crippen molar-refractivity contribution in [2.75, 3.05) is 6.61 Å². The first-order valence-corrected chi connectivity index (χ1v) is 13.0. The molecule has 0 spiro atoms. The molecule has 0 bridgehead atoms. The van der Waals surface area contributed by atoms with Crippen molar-refractivity contribution in [2.45, 2.75) is 80.9 Å². The van der Waals surface area contributed by atoms with Crippen molar-refractivity contribution in [3.63, 3.8) is 0 Å². The fraction of sp³-hybridized carbons (Fsp3) is 0.519. The average molecular weight is 581 g/mol. The summed E-state index contributed by atoms with van der Waals surface area (Å²) in [7, 11) is 0. The lowest BCUT2D eigenvalue weighted by Gasteiger charge is -2.45. The Morgan fingerprint density at radius 3 is 2.27 bits per heavy atom. The highest BCUT2D eigenvalue weighted by Gasteiger charge is 2.50. The molecule has 8 N–H and O–H groups in total. The zero-order valence-corrected chi connectivity index (χ0v) is 21.8. The van der Waals surface area contributed by atoms with Crippen molar-refractivity contribution in [1.82, 2.24) is 0 Å². The van der Waals surface area contributed by atoms with Gasteiger partial charge in [0.2, 0.25) is 6.29 Å². The van der Waals surface area contributed by atoms with Gasteiger partial charge in [0.05, 0.1) is 19.1 Å². The number of hydrogen-bond donors (Lipinski definition) is 8. The van der Waals surface area contributed by atoms with Gasteiger partial charge in [-0.25, -0.2) is 0 Å². The molecular formula is C27H32O14. The van der Waals surface area contributed by atoms with Gasteiger partial charge in [-0.15, -0.1) is 0 Å². The van der Waals surface area contributed by atoms with Gasteiger partial charge in [0, 0.05) is 12.1 Å². The molecule has 3 aliphatic rings. The van der Waals surface area contributed by atoms with Crippen molar-refractivity contribution >= 4 is 5.78 Å². The van der Waals surface area contributed by atoms with Gasteiger partial charge in [0.15, 0.2) is 18.2 Å². The maximum absolute atomic E-state index is 12.9. The number of phenolic OH excluding ortho intramolecular Hbond substituents is 2. The minimum atomic E-state index is -1.80. The number of carbonyl (C=O) groups is 1. The number of rotatable bonds is 6. The normalized spacial score (nSPS) is 37.2. The summed E-state index contributed by atoms with van der Waals surface area (Å²) >= 11 is 0. The van der Waals surface area contributed by atoms with Crippen molar-refractivity contribution in [3.05, 3.63) is 47.5 Å². The number of aliphatic hydroxyl groups is 6. The molecule has 0 radical (unpaired) electrons. The maximum atomic E-state index is 12.9. The topological polar surface area (TPSA) is 225 Å². The lowest BCUT2D eigenvalue weighted by Crippen LogP contribution is -2.64. The number of fused-ring (bicyclic) bond motifs is 1. The first-order valence-electron chi connectivity index (χ1n) is 13.0. The predicted octanol–water partition coefficient (Wildman–Crippen LogP) is -1.17. The Balaban J connectivity index is 1.40. The van der Waals surface area contributed by atoms with Gasteiger partial charge in [-0.1, -0.05) is 12.1 Å². The van der Waals surface area contributed by atoms with Gasteiger partial charge in [-0.3, -0.25) is 4.79 Å². The molecule has 0 aromatic heterocycles. The van der Waals surface area contributed by atoms with E-state index in [9.17, 15) is 45.6 Å². The van der Waals surface area contributed by atoms with E-state index in [0.29, 0.717) is 5.56 Å². The van der Waals surface area contributed by atoms with Gasteiger partial charge in [-0.05, 0) is 24.6 Å². The summed E-state index contributed by atoms with van der Waals surface area (Å²) in [6.07, 6.45) is -16.1. The maximum Gasteiger partial charge on any atom is 0.229 e. The van der Waals surface area contributed by atoms with Gasteiger partial charge in [-0.2, -0.15) is 0 Å². The minimum absolute atomic E-state index is 0.00479. The molecule has 5 rings (SSSR count). The van der Waals surface area contributed by atoms with Crippen LogP contribution >= 0.6 is 0 Å². The van der Waals surface area contributed by atoms with Gasteiger partial charge in [0.25, 0.3) is 0 Å². The Morgan fingerprint density at radius 2 is 1.59 bits per heavy atom. The Bertz CT molecular complexity index is 1240. The Labute approximate surface area is 233 Å². The molecule has 0 aliphatic carbocycles. The van der Waals surface area contributed by atoms with Crippen LogP contribution in [0.2, 0.25) is 0 Å². The molecule has 3 aliphatic heterocycles. The number of benzene rings is 2. The quantitative estimate of drug-likeness (QED) is 0.202. The second-order valence-electron chi connectivity index (χ2n) is 10.2. The Morgan fingerprint density at radius 1 is 0.878 bits per heavy atom. The van der Waals surface area contributed by atoms with Crippen LogP contribution in [0, 0.1) is 0 Å². The number of aliphatic hydroxyl groups excluding tert-OH is 6. The van der Waals surface area contributed by atoms with E-state index in [4.69, 9.17) is 23.7 Å². The molecule has 2 aromatic carbocycles. The molecule has 2 saturated heterocycles. The van der Waals surface area contributed by atoms with Crippen LogP contribution in [0.3, 0.4) is 0 Å². The zero-order valence-electron chi connectivity index (χ0n) is 21.8. The van der Waals surface area contributed by atoms with Crippen LogP contribution in [0.5, 0.6) is 23.0 Å². The number of ketones is 1. The van der Waals surface area contributed by atoms with Crippen LogP contribution in [0.1, 0.15) is 35.4 Å². The van der Waals surface area contributed by atoms with Crippen LogP contribution in [0.4, 0.5) is 0 Å². The van der Waals surface area contributed by atoms with Crippen molar-refractivity contribution in [3.8, 4) is 23.0 Å². The number of ether oxygens (including phenoxy) is 5. The van der Waals surface area contributed by atoms with Crippen molar-refractivity contribution in [2.24, 2.45) is 0 Å². The molecule has 224 valence electrons. The highest BCUT2D eigenvalue weighted by atomic mass is 16.8. The zero-order chi connectivity index (χ0) is 29.6. The third-order valence-electron chi connectivity index (χ3n) is 7.42. The van der Waals surface area contributed by atoms with Gasteiger partial charge in [0.1, 0.15) is 71.3 Å². The van der Waals surface area contributed by atoms with Crippen molar-refractivity contribution in [1.29, 1.82) is 0 Å². The van der Waals surface area contributed by atoms with Crippen LogP contribution < -0.4 is 9.47 Å². The van der Waals surface area contributed by atoms with E-state index in [0.717, 1.165) is 6.07 Å². The molecular weight excluding hydrogens is 548 g/mol. The Hall–Kier alpha value is -3.05. The molecule has 2 fully saturated rings. The molecule has 41 heavy (non-hydrogen) atoms. The predicted molar refractivity (Wildman–Crippen MR) is 134 cm³/mol. The van der Waals surface area contributed by atoms with E-state index in [1.165, 1.54) is 25.1 Å². The molecule has 14 nitrogen and oxygen atoms in total. The summed E-state index contributed by atoms with van der Waals surface area (Å²) in [6, 6.07) is 8.57. The molecule has 14 heteroatoms. The largest absolute Gasteiger partial charge is 0.508 e. The fourth-order valence-corrected chi connectivity index (χ4v) is 5.07. The minimum Gasteiger partial charge on any atom is -0.508 e. The standard InChI is InChI=1S/C27H32O14/c1-10-20(32)23(35)25(41-26-24(36)22(34)21(33)18(9-28)40-26)27(37-10)38-13-6-14(30)19-15(31)8-16(39-17(19)7-13)11-2-4-12(29)5-3-11/h2-7,10,16,18,20-30,32-36H,8-9H2,1H3. The number of hydrogen-bond acceptors (Lipinski definition) is 14. The number of phenols is 2. The third-order valence-corrected chi connectivity index (χ3v) is 7.42. The molecule has 2 aromatic rings. The summed E-state index contributed by atoms with van der Waals surface area (Å²) in [5, 5.41) is 81.5. The Kier molecular flexibility index (Phi) is 8.39. The van der Waals surface area contributed by atoms with Crippen LogP contribution in [-0.2, 0) is 14.2 Å². The van der Waals surface area contributed by atoms with Crippen LogP contribution in [0.25, 0.3) is 0 Å². The molecule has 11 unspecified atom stereocenters. The van der Waals surface area contributed by atoms with Crippen molar-refractivity contribution < 1.29 is 69.3 Å². The summed E-state index contributed by atoms with van der Waals surface area (Å²) in [6.45, 7) is 0.745. The highest BCUT2D eigenvalue weighted by Crippen LogP contribution is 2.43. The lowest BCUT2D eigenvalue weighted by molar-refractivity contribution is -0.355. The van der Waals surface area contributed by atoms with Crippen LogP contribution in [0.15, 0.2) is 36.4 Å². The summed E-state index contributed by atoms with van der Waals surface area (Å²) in [5.41, 5.74) is 0.553. The summed E-state index contributed by atoms with van der Waals surface area (Å²) < 4.78 is 28.6. The monoisotopic (exact) mass is 580 g/mol.